The predicted octanol–water partition coefficient (Wildman–Crippen LogP) is 1.79. The maximum atomic E-state index is 11.2. The fourth-order valence-corrected chi connectivity index (χ4v) is 1.35. The summed E-state index contributed by atoms with van der Waals surface area (Å²) in [5, 5.41) is 9.15. The van der Waals surface area contributed by atoms with Gasteiger partial charge in [0.05, 0.1) is 18.3 Å². The first-order valence-corrected chi connectivity index (χ1v) is 4.28. The zero-order valence-electron chi connectivity index (χ0n) is 7.56. The van der Waals surface area contributed by atoms with Gasteiger partial charge < -0.3 is 9.84 Å². The molecule has 0 heterocycles. The molecule has 0 aromatic carbocycles. The number of ether oxygens (including phenoxy) is 1. The van der Waals surface area contributed by atoms with Gasteiger partial charge in [0.2, 0.25) is 0 Å². The maximum absolute atomic E-state index is 11.2. The molecule has 13 heavy (non-hydrogen) atoms. The summed E-state index contributed by atoms with van der Waals surface area (Å²) >= 11 is 0. The summed E-state index contributed by atoms with van der Waals surface area (Å²) in [7, 11) is 0. The second-order valence-electron chi connectivity index (χ2n) is 2.93. The Balaban J connectivity index is 0.00000144. The molecule has 1 atom stereocenters. The second-order valence-corrected chi connectivity index (χ2v) is 2.93. The molecule has 4 heteroatoms. The van der Waals surface area contributed by atoms with Crippen LogP contribution in [0.15, 0.2) is 11.8 Å². The summed E-state index contributed by atoms with van der Waals surface area (Å²) in [4.78, 5) is 11.2. The molecule has 0 aromatic rings. The number of aliphatic hydroxyl groups is 1. The van der Waals surface area contributed by atoms with Crippen molar-refractivity contribution in [3.63, 3.8) is 0 Å². The molecule has 3 nitrogen and oxygen atoms in total. The van der Waals surface area contributed by atoms with Crippen molar-refractivity contribution in [2.75, 3.05) is 6.61 Å². The van der Waals surface area contributed by atoms with E-state index in [1.54, 1.807) is 13.0 Å². The van der Waals surface area contributed by atoms with Crippen molar-refractivity contribution >= 4 is 5.97 Å². The Morgan fingerprint density at radius 3 is 3.00 bits per heavy atom. The first kappa shape index (κ1) is 12.7. The van der Waals surface area contributed by atoms with E-state index in [2.05, 4.69) is 0 Å². The van der Waals surface area contributed by atoms with Crippen LogP contribution in [-0.4, -0.2) is 17.7 Å². The van der Waals surface area contributed by atoms with Crippen molar-refractivity contribution in [2.45, 2.75) is 26.2 Å². The van der Waals surface area contributed by atoms with Crippen molar-refractivity contribution in [1.29, 1.82) is 0 Å². The van der Waals surface area contributed by atoms with Gasteiger partial charge in [0.25, 0.3) is 0 Å². The third-order valence-corrected chi connectivity index (χ3v) is 1.97. The number of allylic oxidation sites excluding steroid dienone is 2. The Morgan fingerprint density at radius 2 is 2.46 bits per heavy atom. The molecule has 1 unspecified atom stereocenters. The van der Waals surface area contributed by atoms with Crippen LogP contribution in [0.2, 0.25) is 0 Å². The first-order chi connectivity index (χ1) is 5.74. The number of hydrogen-bond acceptors (Lipinski definition) is 3. The minimum Gasteiger partial charge on any atom is -0.513 e. The Labute approximate surface area is 92.4 Å². The van der Waals surface area contributed by atoms with Crippen LogP contribution in [0.4, 0.5) is 0 Å². The Morgan fingerprint density at radius 1 is 1.77 bits per heavy atom. The third-order valence-electron chi connectivity index (χ3n) is 1.97. The molecule has 1 aliphatic rings. The van der Waals surface area contributed by atoms with Crippen molar-refractivity contribution in [3.05, 3.63) is 11.8 Å². The monoisotopic (exact) mass is 365 g/mol. The molecule has 0 aromatic heterocycles. The summed E-state index contributed by atoms with van der Waals surface area (Å²) in [6.45, 7) is 2.20. The van der Waals surface area contributed by atoms with Crippen molar-refractivity contribution in [2.24, 2.45) is 5.92 Å². The van der Waals surface area contributed by atoms with E-state index < -0.39 is 0 Å². The van der Waals surface area contributed by atoms with E-state index in [4.69, 9.17) is 9.84 Å². The SMILES string of the molecule is CCOC(=O)C1CCC=C(O)C1.[Pt]. The molecule has 1 aliphatic carbocycles. The zero-order chi connectivity index (χ0) is 8.97. The van der Waals surface area contributed by atoms with Crippen LogP contribution in [0.1, 0.15) is 26.2 Å². The van der Waals surface area contributed by atoms with E-state index in [0.29, 0.717) is 18.8 Å². The molecule has 0 amide bonds. The van der Waals surface area contributed by atoms with Crippen molar-refractivity contribution in [1.82, 2.24) is 0 Å². The molecule has 1 rings (SSSR count). The predicted molar refractivity (Wildman–Crippen MR) is 44.7 cm³/mol. The topological polar surface area (TPSA) is 46.5 Å². The molecular formula is C9H14O3Pt. The van der Waals surface area contributed by atoms with E-state index in [9.17, 15) is 4.79 Å². The number of hydrogen-bond donors (Lipinski definition) is 1. The quantitative estimate of drug-likeness (QED) is 0.759. The Hall–Kier alpha value is -0.302. The van der Waals surface area contributed by atoms with Crippen LogP contribution in [0.5, 0.6) is 0 Å². The van der Waals surface area contributed by atoms with Gasteiger partial charge in [0.15, 0.2) is 0 Å². The number of carbonyl (C=O) groups is 1. The van der Waals surface area contributed by atoms with E-state index in [1.807, 2.05) is 0 Å². The molecule has 0 bridgehead atoms. The van der Waals surface area contributed by atoms with Gasteiger partial charge in [-0.3, -0.25) is 4.79 Å². The summed E-state index contributed by atoms with van der Waals surface area (Å²) in [6, 6.07) is 0. The van der Waals surface area contributed by atoms with Gasteiger partial charge in [-0.2, -0.15) is 0 Å². The first-order valence-electron chi connectivity index (χ1n) is 4.28. The van der Waals surface area contributed by atoms with E-state index >= 15 is 0 Å². The normalized spacial score (nSPS) is 21.3. The van der Waals surface area contributed by atoms with Crippen LogP contribution < -0.4 is 0 Å². The van der Waals surface area contributed by atoms with Gasteiger partial charge in [0, 0.05) is 27.5 Å². The fourth-order valence-electron chi connectivity index (χ4n) is 1.35. The molecule has 1 N–H and O–H groups in total. The van der Waals surface area contributed by atoms with Crippen molar-refractivity contribution < 1.29 is 35.7 Å². The number of rotatable bonds is 2. The Kier molecular flexibility index (Phi) is 6.05. The zero-order valence-corrected chi connectivity index (χ0v) is 9.84. The smallest absolute Gasteiger partial charge is 0.309 e. The number of aliphatic hydroxyl groups excluding tert-OH is 1. The third kappa shape index (κ3) is 3.95. The largest absolute Gasteiger partial charge is 0.513 e. The average molecular weight is 365 g/mol. The molecule has 0 aliphatic heterocycles. The average Bonchev–Trinajstić information content (AvgIpc) is 2.05. The van der Waals surface area contributed by atoms with E-state index in [0.717, 1.165) is 12.8 Å². The summed E-state index contributed by atoms with van der Waals surface area (Å²) < 4.78 is 4.85. The molecule has 0 saturated heterocycles. The summed E-state index contributed by atoms with van der Waals surface area (Å²) in [5.74, 6) is 0.00593. The van der Waals surface area contributed by atoms with Gasteiger partial charge >= 0.3 is 5.97 Å². The minimum absolute atomic E-state index is 0. The van der Waals surface area contributed by atoms with Crippen LogP contribution in [0.25, 0.3) is 0 Å². The Bertz CT molecular complexity index is 201. The van der Waals surface area contributed by atoms with Gasteiger partial charge in [-0.25, -0.2) is 0 Å². The van der Waals surface area contributed by atoms with Gasteiger partial charge in [-0.15, -0.1) is 0 Å². The van der Waals surface area contributed by atoms with Crippen LogP contribution in [-0.2, 0) is 30.6 Å². The van der Waals surface area contributed by atoms with Crippen LogP contribution in [0, 0.1) is 5.92 Å². The summed E-state index contributed by atoms with van der Waals surface area (Å²) in [6.07, 6.45) is 3.77. The molecule has 78 valence electrons. The van der Waals surface area contributed by atoms with Gasteiger partial charge in [-0.1, -0.05) is 0 Å². The standard InChI is InChI=1S/C9H14O3.Pt/c1-2-12-9(11)7-4-3-5-8(10)6-7;/h5,7,10H,2-4,6H2,1H3;. The van der Waals surface area contributed by atoms with E-state index in [-0.39, 0.29) is 33.0 Å². The van der Waals surface area contributed by atoms with Gasteiger partial charge in [-0.05, 0) is 25.8 Å². The fraction of sp³-hybridized carbons (Fsp3) is 0.667. The van der Waals surface area contributed by atoms with Crippen LogP contribution in [0.3, 0.4) is 0 Å². The summed E-state index contributed by atoms with van der Waals surface area (Å²) in [5.41, 5.74) is 0. The van der Waals surface area contributed by atoms with E-state index in [1.165, 1.54) is 0 Å². The van der Waals surface area contributed by atoms with Crippen molar-refractivity contribution in [3.8, 4) is 0 Å². The molecule has 0 saturated carbocycles. The van der Waals surface area contributed by atoms with Gasteiger partial charge in [0.1, 0.15) is 0 Å². The molecule has 0 fully saturated rings. The second kappa shape index (κ2) is 6.20. The minimum atomic E-state index is -0.183. The molecule has 0 spiro atoms. The molecule has 0 radical (unpaired) electrons. The number of carbonyl (C=O) groups excluding carboxylic acids is 1. The number of esters is 1. The maximum Gasteiger partial charge on any atom is 0.309 e. The van der Waals surface area contributed by atoms with Crippen LogP contribution >= 0.6 is 0 Å². The molecular weight excluding hydrogens is 351 g/mol.